The fourth-order valence-electron chi connectivity index (χ4n) is 7.54. The van der Waals surface area contributed by atoms with Crippen LogP contribution >= 0.6 is 0 Å². The predicted molar refractivity (Wildman–Crippen MR) is 154 cm³/mol. The number of benzene rings is 1. The minimum absolute atomic E-state index is 0.106. The number of ether oxygens (including phenoxy) is 1. The first-order chi connectivity index (χ1) is 19.5. The summed E-state index contributed by atoms with van der Waals surface area (Å²) in [4.78, 5) is 29.0. The first-order valence-electron chi connectivity index (χ1n) is 14.9. The summed E-state index contributed by atoms with van der Waals surface area (Å²) in [5, 5.41) is 9.52. The number of fused-ring (bicyclic) bond motifs is 3. The van der Waals surface area contributed by atoms with Gasteiger partial charge in [-0.2, -0.15) is 15.2 Å². The highest BCUT2D eigenvalue weighted by Gasteiger charge is 2.42. The molecule has 8 nitrogen and oxygen atoms in total. The first-order valence-corrected chi connectivity index (χ1v) is 14.9. The van der Waals surface area contributed by atoms with Crippen molar-refractivity contribution in [2.24, 2.45) is 0 Å². The number of aryl methyl sites for hydroxylation is 1. The molecule has 4 aliphatic rings. The molecule has 2 unspecified atom stereocenters. The van der Waals surface area contributed by atoms with Crippen LogP contribution in [0.25, 0.3) is 0 Å². The average molecular weight is 541 g/mol. The van der Waals surface area contributed by atoms with Gasteiger partial charge in [0.1, 0.15) is 12.4 Å². The highest BCUT2D eigenvalue weighted by Crippen LogP contribution is 2.47. The summed E-state index contributed by atoms with van der Waals surface area (Å²) in [5.74, 6) is 0.805. The van der Waals surface area contributed by atoms with Crippen molar-refractivity contribution < 1.29 is 9.53 Å². The largest absolute Gasteiger partial charge is 0.462 e. The SMILES string of the molecule is C=CC(=O)N1CCN(c2nc(OCC3CCCN3C)nc3c2CCC2(CCCc4ccccc42)C3)C[C@@H]1CC#N. The molecule has 2 aromatic rings. The summed E-state index contributed by atoms with van der Waals surface area (Å²) >= 11 is 0. The molecule has 8 heteroatoms. The van der Waals surface area contributed by atoms with Crippen LogP contribution in [-0.4, -0.2) is 77.6 Å². The van der Waals surface area contributed by atoms with Crippen molar-refractivity contribution in [2.75, 3.05) is 44.7 Å². The first kappa shape index (κ1) is 26.8. The maximum atomic E-state index is 12.5. The second-order valence-corrected chi connectivity index (χ2v) is 12.0. The molecular formula is C32H40N6O2. The van der Waals surface area contributed by atoms with E-state index in [9.17, 15) is 10.1 Å². The van der Waals surface area contributed by atoms with Crippen LogP contribution in [0.1, 0.15) is 60.9 Å². The molecular weight excluding hydrogens is 500 g/mol. The highest BCUT2D eigenvalue weighted by atomic mass is 16.5. The third-order valence-corrected chi connectivity index (χ3v) is 9.74. The lowest BCUT2D eigenvalue weighted by molar-refractivity contribution is -0.128. The third-order valence-electron chi connectivity index (χ3n) is 9.74. The van der Waals surface area contributed by atoms with Crippen LogP contribution in [0, 0.1) is 11.3 Å². The zero-order valence-corrected chi connectivity index (χ0v) is 23.6. The summed E-state index contributed by atoms with van der Waals surface area (Å²) in [7, 11) is 2.16. The summed E-state index contributed by atoms with van der Waals surface area (Å²) in [5.41, 5.74) is 5.39. The quantitative estimate of drug-likeness (QED) is 0.515. The number of piperazine rings is 1. The predicted octanol–water partition coefficient (Wildman–Crippen LogP) is 3.83. The number of hydrogen-bond donors (Lipinski definition) is 0. The zero-order valence-electron chi connectivity index (χ0n) is 23.6. The minimum Gasteiger partial charge on any atom is -0.462 e. The van der Waals surface area contributed by atoms with Gasteiger partial charge in [-0.3, -0.25) is 4.79 Å². The molecule has 3 atom stereocenters. The Labute approximate surface area is 237 Å². The van der Waals surface area contributed by atoms with E-state index in [0.717, 1.165) is 50.2 Å². The van der Waals surface area contributed by atoms with Crippen molar-refractivity contribution >= 4 is 11.7 Å². The average Bonchev–Trinajstić information content (AvgIpc) is 3.40. The molecule has 1 aromatic heterocycles. The molecule has 1 aromatic carbocycles. The minimum atomic E-state index is -0.202. The van der Waals surface area contributed by atoms with Crippen LogP contribution in [0.3, 0.4) is 0 Å². The van der Waals surface area contributed by atoms with E-state index in [1.807, 2.05) is 0 Å². The maximum absolute atomic E-state index is 12.5. The molecule has 0 bridgehead atoms. The van der Waals surface area contributed by atoms with Crippen LogP contribution in [0.5, 0.6) is 6.01 Å². The lowest BCUT2D eigenvalue weighted by Gasteiger charge is -2.44. The van der Waals surface area contributed by atoms with Crippen molar-refractivity contribution in [3.8, 4) is 12.1 Å². The Morgan fingerprint density at radius 1 is 1.18 bits per heavy atom. The molecule has 2 saturated heterocycles. The molecule has 1 amide bonds. The number of nitrogens with zero attached hydrogens (tertiary/aromatic N) is 6. The van der Waals surface area contributed by atoms with E-state index in [4.69, 9.17) is 14.7 Å². The Morgan fingerprint density at radius 3 is 2.85 bits per heavy atom. The molecule has 6 rings (SSSR count). The number of hydrogen-bond acceptors (Lipinski definition) is 7. The topological polar surface area (TPSA) is 85.6 Å². The van der Waals surface area contributed by atoms with Gasteiger partial charge in [-0.05, 0) is 82.2 Å². The van der Waals surface area contributed by atoms with E-state index in [1.54, 1.807) is 4.90 Å². The standard InChI is InChI=1S/C32H40N6O2/c1-3-29(39)38-19-18-37(21-24(38)13-16-33)30-26-12-15-32(14-6-9-23-8-4-5-11-27(23)32)20-28(26)34-31(35-30)40-22-25-10-7-17-36(25)2/h3-5,8,11,24-25H,1,6-7,9-10,12-15,17-22H2,2H3/t24-,25?,32?/m0/s1. The number of carbonyl (C=O) groups excluding carboxylic acids is 1. The Morgan fingerprint density at radius 2 is 2.05 bits per heavy atom. The van der Waals surface area contributed by atoms with Gasteiger partial charge in [0, 0.05) is 36.7 Å². The van der Waals surface area contributed by atoms with Crippen LogP contribution in [0.2, 0.25) is 0 Å². The molecule has 1 spiro atoms. The fourth-order valence-corrected chi connectivity index (χ4v) is 7.54. The van der Waals surface area contributed by atoms with Gasteiger partial charge < -0.3 is 19.4 Å². The Hall–Kier alpha value is -3.44. The summed E-state index contributed by atoms with van der Waals surface area (Å²) in [6.45, 7) is 7.11. The molecule has 0 N–H and O–H groups in total. The van der Waals surface area contributed by atoms with E-state index >= 15 is 0 Å². The van der Waals surface area contributed by atoms with Crippen LogP contribution in [0.15, 0.2) is 36.9 Å². The molecule has 0 saturated carbocycles. The van der Waals surface area contributed by atoms with E-state index in [0.29, 0.717) is 38.3 Å². The van der Waals surface area contributed by atoms with Gasteiger partial charge in [0.2, 0.25) is 5.91 Å². The van der Waals surface area contributed by atoms with E-state index in [-0.39, 0.29) is 23.8 Å². The molecule has 210 valence electrons. The van der Waals surface area contributed by atoms with Crippen molar-refractivity contribution in [1.82, 2.24) is 19.8 Å². The van der Waals surface area contributed by atoms with Gasteiger partial charge in [0.25, 0.3) is 0 Å². The number of nitriles is 1. The van der Waals surface area contributed by atoms with Crippen molar-refractivity contribution in [2.45, 2.75) is 75.3 Å². The zero-order chi connectivity index (χ0) is 27.7. The van der Waals surface area contributed by atoms with Crippen LogP contribution in [0.4, 0.5) is 5.82 Å². The number of rotatable bonds is 6. The second kappa shape index (κ2) is 11.2. The summed E-state index contributed by atoms with van der Waals surface area (Å²) in [6.07, 6.45) is 10.4. The molecule has 3 heterocycles. The fraction of sp³-hybridized carbons (Fsp3) is 0.562. The molecule has 40 heavy (non-hydrogen) atoms. The number of amides is 1. The number of aromatic nitrogens is 2. The Kier molecular flexibility index (Phi) is 7.50. The molecule has 2 fully saturated rings. The highest BCUT2D eigenvalue weighted by molar-refractivity contribution is 5.87. The van der Waals surface area contributed by atoms with Gasteiger partial charge in [-0.1, -0.05) is 30.8 Å². The summed E-state index contributed by atoms with van der Waals surface area (Å²) < 4.78 is 6.33. The van der Waals surface area contributed by atoms with E-state index < -0.39 is 0 Å². The molecule has 0 radical (unpaired) electrons. The number of likely N-dealkylation sites (N-methyl/N-ethyl adjacent to an activating group) is 1. The lowest BCUT2D eigenvalue weighted by atomic mass is 9.62. The number of likely N-dealkylation sites (tertiary alicyclic amines) is 1. The number of anilines is 1. The smallest absolute Gasteiger partial charge is 0.318 e. The monoisotopic (exact) mass is 540 g/mol. The second-order valence-electron chi connectivity index (χ2n) is 12.0. The van der Waals surface area contributed by atoms with Crippen molar-refractivity contribution in [3.05, 3.63) is 59.3 Å². The molecule has 2 aliphatic heterocycles. The van der Waals surface area contributed by atoms with E-state index in [1.165, 1.54) is 42.0 Å². The molecule has 2 aliphatic carbocycles. The lowest BCUT2D eigenvalue weighted by Crippen LogP contribution is -2.55. The van der Waals surface area contributed by atoms with E-state index in [2.05, 4.69) is 53.8 Å². The normalized spacial score (nSPS) is 26.2. The van der Waals surface area contributed by atoms with Crippen molar-refractivity contribution in [1.29, 1.82) is 5.26 Å². The van der Waals surface area contributed by atoms with Gasteiger partial charge >= 0.3 is 6.01 Å². The van der Waals surface area contributed by atoms with Gasteiger partial charge in [-0.25, -0.2) is 0 Å². The van der Waals surface area contributed by atoms with Crippen molar-refractivity contribution in [3.63, 3.8) is 0 Å². The van der Waals surface area contributed by atoms with Crippen LogP contribution in [-0.2, 0) is 29.5 Å². The maximum Gasteiger partial charge on any atom is 0.318 e. The van der Waals surface area contributed by atoms with Gasteiger partial charge in [0.15, 0.2) is 0 Å². The third kappa shape index (κ3) is 4.96. The Balaban J connectivity index is 1.34. The Bertz CT molecular complexity index is 1320. The van der Waals surface area contributed by atoms with Gasteiger partial charge in [0.05, 0.1) is 24.2 Å². The summed E-state index contributed by atoms with van der Waals surface area (Å²) in [6, 6.07) is 11.9. The van der Waals surface area contributed by atoms with Crippen LogP contribution < -0.4 is 9.64 Å². The van der Waals surface area contributed by atoms with Gasteiger partial charge in [-0.15, -0.1) is 0 Å². The number of carbonyl (C=O) groups is 1.